The van der Waals surface area contributed by atoms with Gasteiger partial charge in [0.05, 0.1) is 18.2 Å². The molecule has 0 fully saturated rings. The standard InChI is InChI=1S/C28H24FN3O3/c1-3-34-24-6-4-5-23-28(24)31-26(15-33)32(23)14-18-7-9-21-19(11-18)16-35-25-12-20(29)8-10-22(25)27(21)17(2)13-30/h4-12,33H,3,14-16H2,1-2H3/b27-17+. The van der Waals surface area contributed by atoms with Gasteiger partial charge in [-0.3, -0.25) is 0 Å². The molecule has 0 spiro atoms. The van der Waals surface area contributed by atoms with Crippen LogP contribution in [0.4, 0.5) is 4.39 Å². The Morgan fingerprint density at radius 1 is 1.20 bits per heavy atom. The lowest BCUT2D eigenvalue weighted by molar-refractivity contribution is 0.267. The monoisotopic (exact) mass is 469 g/mol. The van der Waals surface area contributed by atoms with Crippen LogP contribution < -0.4 is 9.47 Å². The molecule has 1 aromatic heterocycles. The second kappa shape index (κ2) is 9.24. The molecule has 1 aliphatic rings. The van der Waals surface area contributed by atoms with Crippen molar-refractivity contribution >= 4 is 16.6 Å². The van der Waals surface area contributed by atoms with Crippen molar-refractivity contribution in [3.05, 3.63) is 94.1 Å². The molecule has 0 unspecified atom stereocenters. The van der Waals surface area contributed by atoms with E-state index in [0.717, 1.165) is 27.8 Å². The zero-order chi connectivity index (χ0) is 24.5. The molecule has 7 heteroatoms. The first-order valence-corrected chi connectivity index (χ1v) is 11.4. The Morgan fingerprint density at radius 3 is 2.80 bits per heavy atom. The van der Waals surface area contributed by atoms with Crippen LogP contribution in [0.3, 0.4) is 0 Å². The number of nitrogens with zero attached hydrogens (tertiary/aromatic N) is 3. The van der Waals surface area contributed by atoms with Crippen molar-refractivity contribution in [3.63, 3.8) is 0 Å². The summed E-state index contributed by atoms with van der Waals surface area (Å²) in [7, 11) is 0. The van der Waals surface area contributed by atoms with Crippen LogP contribution in [-0.2, 0) is 19.8 Å². The van der Waals surface area contributed by atoms with Gasteiger partial charge in [0, 0.05) is 29.3 Å². The third-order valence-electron chi connectivity index (χ3n) is 6.18. The van der Waals surface area contributed by atoms with E-state index in [9.17, 15) is 14.8 Å². The fourth-order valence-corrected chi connectivity index (χ4v) is 4.61. The number of hydrogen-bond acceptors (Lipinski definition) is 5. The predicted molar refractivity (Wildman–Crippen MR) is 130 cm³/mol. The molecule has 0 radical (unpaired) electrons. The Hall–Kier alpha value is -4.15. The average molecular weight is 470 g/mol. The zero-order valence-electron chi connectivity index (χ0n) is 19.5. The number of benzene rings is 3. The van der Waals surface area contributed by atoms with E-state index < -0.39 is 0 Å². The summed E-state index contributed by atoms with van der Waals surface area (Å²) < 4.78 is 27.6. The minimum absolute atomic E-state index is 0.205. The molecule has 4 aromatic rings. The molecule has 1 aliphatic heterocycles. The average Bonchev–Trinajstić information content (AvgIpc) is 3.14. The van der Waals surface area contributed by atoms with Gasteiger partial charge < -0.3 is 19.1 Å². The van der Waals surface area contributed by atoms with Crippen LogP contribution in [0.1, 0.15) is 41.9 Å². The first kappa shape index (κ1) is 22.6. The third kappa shape index (κ3) is 4.02. The quantitative estimate of drug-likeness (QED) is 0.399. The van der Waals surface area contributed by atoms with E-state index in [4.69, 9.17) is 9.47 Å². The third-order valence-corrected chi connectivity index (χ3v) is 6.18. The molecule has 0 saturated heterocycles. The van der Waals surface area contributed by atoms with Gasteiger partial charge in [0.25, 0.3) is 0 Å². The van der Waals surface area contributed by atoms with E-state index in [2.05, 4.69) is 11.1 Å². The van der Waals surface area contributed by atoms with Crippen LogP contribution in [0.2, 0.25) is 0 Å². The summed E-state index contributed by atoms with van der Waals surface area (Å²) in [5, 5.41) is 19.6. The van der Waals surface area contributed by atoms with E-state index in [-0.39, 0.29) is 19.0 Å². The summed E-state index contributed by atoms with van der Waals surface area (Å²) in [6.45, 7) is 4.72. The molecule has 6 nitrogen and oxygen atoms in total. The fourth-order valence-electron chi connectivity index (χ4n) is 4.61. The van der Waals surface area contributed by atoms with E-state index in [1.54, 1.807) is 13.0 Å². The number of para-hydroxylation sites is 1. The smallest absolute Gasteiger partial charge is 0.147 e. The normalized spacial score (nSPS) is 13.9. The van der Waals surface area contributed by atoms with Crippen LogP contribution in [0.25, 0.3) is 16.6 Å². The Balaban J connectivity index is 1.59. The topological polar surface area (TPSA) is 80.3 Å². The minimum Gasteiger partial charge on any atom is -0.492 e. The summed E-state index contributed by atoms with van der Waals surface area (Å²) in [5.41, 5.74) is 6.32. The highest BCUT2D eigenvalue weighted by atomic mass is 19.1. The summed E-state index contributed by atoms with van der Waals surface area (Å²) in [5.74, 6) is 1.25. The van der Waals surface area contributed by atoms with Crippen molar-refractivity contribution < 1.29 is 19.0 Å². The molecule has 0 saturated carbocycles. The second-order valence-electron chi connectivity index (χ2n) is 8.36. The number of hydrogen-bond donors (Lipinski definition) is 1. The molecular weight excluding hydrogens is 445 g/mol. The van der Waals surface area contributed by atoms with Gasteiger partial charge in [0.1, 0.15) is 41.9 Å². The molecule has 0 aliphatic carbocycles. The predicted octanol–water partition coefficient (Wildman–Crippen LogP) is 5.35. The number of nitriles is 1. The van der Waals surface area contributed by atoms with E-state index in [1.165, 1.54) is 12.1 Å². The van der Waals surface area contributed by atoms with Crippen molar-refractivity contribution in [2.45, 2.75) is 33.6 Å². The summed E-state index contributed by atoms with van der Waals surface area (Å²) in [6.07, 6.45) is 0. The highest BCUT2D eigenvalue weighted by Gasteiger charge is 2.23. The van der Waals surface area contributed by atoms with Crippen LogP contribution in [-0.4, -0.2) is 21.3 Å². The largest absolute Gasteiger partial charge is 0.492 e. The van der Waals surface area contributed by atoms with Gasteiger partial charge in [-0.25, -0.2) is 9.37 Å². The maximum Gasteiger partial charge on any atom is 0.147 e. The summed E-state index contributed by atoms with van der Waals surface area (Å²) >= 11 is 0. The highest BCUT2D eigenvalue weighted by molar-refractivity contribution is 5.88. The molecule has 35 heavy (non-hydrogen) atoms. The van der Waals surface area contributed by atoms with Crippen molar-refractivity contribution in [3.8, 4) is 17.6 Å². The van der Waals surface area contributed by atoms with Crippen LogP contribution in [0.15, 0.2) is 60.2 Å². The lowest BCUT2D eigenvalue weighted by Gasteiger charge is -2.14. The van der Waals surface area contributed by atoms with Gasteiger partial charge in [0.2, 0.25) is 0 Å². The number of ether oxygens (including phenoxy) is 2. The molecule has 3 aromatic carbocycles. The van der Waals surface area contributed by atoms with Gasteiger partial charge in [-0.15, -0.1) is 0 Å². The Morgan fingerprint density at radius 2 is 2.03 bits per heavy atom. The summed E-state index contributed by atoms with van der Waals surface area (Å²) in [6, 6.07) is 18.4. The van der Waals surface area contributed by atoms with E-state index >= 15 is 0 Å². The minimum atomic E-state index is -0.390. The number of aromatic nitrogens is 2. The molecular formula is C28H24FN3O3. The van der Waals surface area contributed by atoms with Gasteiger partial charge in [0.15, 0.2) is 0 Å². The van der Waals surface area contributed by atoms with Crippen molar-refractivity contribution in [1.82, 2.24) is 9.55 Å². The molecule has 2 heterocycles. The van der Waals surface area contributed by atoms with Crippen LogP contribution in [0.5, 0.6) is 11.5 Å². The maximum absolute atomic E-state index is 13.9. The molecule has 5 rings (SSSR count). The van der Waals surface area contributed by atoms with Crippen LogP contribution >= 0.6 is 0 Å². The molecule has 0 bridgehead atoms. The van der Waals surface area contributed by atoms with Crippen molar-refractivity contribution in [2.24, 2.45) is 0 Å². The number of aliphatic hydroxyl groups excluding tert-OH is 1. The van der Waals surface area contributed by atoms with Gasteiger partial charge >= 0.3 is 0 Å². The number of fused-ring (bicyclic) bond motifs is 3. The SMILES string of the molecule is CCOc1cccc2c1nc(CO)n2Cc1ccc2c(c1)COc1cc(F)ccc1/C2=C(\C)C#N. The number of allylic oxidation sites excluding steroid dienone is 1. The Labute approximate surface area is 202 Å². The Kier molecular flexibility index (Phi) is 5.98. The van der Waals surface area contributed by atoms with E-state index in [0.29, 0.717) is 47.1 Å². The first-order chi connectivity index (χ1) is 17.0. The van der Waals surface area contributed by atoms with Gasteiger partial charge in [-0.05, 0) is 60.9 Å². The summed E-state index contributed by atoms with van der Waals surface area (Å²) in [4.78, 5) is 4.61. The number of imidazole rings is 1. The highest BCUT2D eigenvalue weighted by Crippen LogP contribution is 2.39. The number of rotatable bonds is 5. The van der Waals surface area contributed by atoms with Gasteiger partial charge in [-0.2, -0.15) is 5.26 Å². The molecule has 1 N–H and O–H groups in total. The fraction of sp³-hybridized carbons (Fsp3) is 0.214. The lowest BCUT2D eigenvalue weighted by Crippen LogP contribution is -2.06. The lowest BCUT2D eigenvalue weighted by atomic mass is 9.90. The molecule has 0 amide bonds. The molecule has 176 valence electrons. The van der Waals surface area contributed by atoms with E-state index in [1.807, 2.05) is 47.9 Å². The number of aliphatic hydroxyl groups is 1. The van der Waals surface area contributed by atoms with Crippen molar-refractivity contribution in [1.29, 1.82) is 5.26 Å². The first-order valence-electron chi connectivity index (χ1n) is 11.4. The number of halogens is 1. The van der Waals surface area contributed by atoms with Gasteiger partial charge in [-0.1, -0.05) is 18.2 Å². The van der Waals surface area contributed by atoms with Crippen LogP contribution in [0, 0.1) is 17.1 Å². The maximum atomic E-state index is 13.9. The zero-order valence-corrected chi connectivity index (χ0v) is 19.5. The second-order valence-corrected chi connectivity index (χ2v) is 8.36. The Bertz CT molecular complexity index is 1510. The van der Waals surface area contributed by atoms with Crippen molar-refractivity contribution in [2.75, 3.05) is 6.61 Å². The molecule has 0 atom stereocenters.